The third-order valence-corrected chi connectivity index (χ3v) is 6.94. The van der Waals surface area contributed by atoms with Gasteiger partial charge in [0.25, 0.3) is 0 Å². The van der Waals surface area contributed by atoms with Crippen molar-refractivity contribution in [2.75, 3.05) is 4.90 Å². The Labute approximate surface area is 206 Å². The number of aromatic hydroxyl groups is 1. The molecule has 1 aliphatic heterocycles. The first-order valence-electron chi connectivity index (χ1n) is 10.7. The first-order valence-corrected chi connectivity index (χ1v) is 11.9. The summed E-state index contributed by atoms with van der Waals surface area (Å²) in [4.78, 5) is 6.77. The molecule has 1 saturated heterocycles. The lowest BCUT2D eigenvalue weighted by atomic mass is 9.96. The van der Waals surface area contributed by atoms with Gasteiger partial charge in [0.1, 0.15) is 5.75 Å². The normalized spacial score (nSPS) is 17.9. The molecule has 166 valence electrons. The van der Waals surface area contributed by atoms with E-state index in [2.05, 4.69) is 79.9 Å². The van der Waals surface area contributed by atoms with E-state index >= 15 is 0 Å². The number of phenols is 1. The van der Waals surface area contributed by atoms with Crippen molar-refractivity contribution in [3.8, 4) is 11.4 Å². The van der Waals surface area contributed by atoms with E-state index in [0.29, 0.717) is 5.11 Å². The molecule has 2 atom stereocenters. The summed E-state index contributed by atoms with van der Waals surface area (Å²) >= 11 is 9.34. The number of nitrogens with one attached hydrogen (secondary N) is 1. The summed E-state index contributed by atoms with van der Waals surface area (Å²) in [5.41, 5.74) is 6.43. The summed E-state index contributed by atoms with van der Waals surface area (Å²) in [6, 6.07) is 23.5. The molecule has 33 heavy (non-hydrogen) atoms. The van der Waals surface area contributed by atoms with Crippen molar-refractivity contribution in [3.63, 3.8) is 0 Å². The van der Waals surface area contributed by atoms with Gasteiger partial charge < -0.3 is 19.9 Å². The van der Waals surface area contributed by atoms with Crippen LogP contribution in [0.5, 0.6) is 5.75 Å². The highest BCUT2D eigenvalue weighted by Gasteiger charge is 2.42. The Bertz CT molecular complexity index is 1300. The zero-order valence-corrected chi connectivity index (χ0v) is 20.6. The van der Waals surface area contributed by atoms with Gasteiger partial charge in [-0.2, -0.15) is 0 Å². The number of hydrogen-bond donors (Lipinski definition) is 2. The zero-order chi connectivity index (χ0) is 23.1. The Balaban J connectivity index is 1.67. The van der Waals surface area contributed by atoms with Crippen LogP contribution in [-0.2, 0) is 0 Å². The molecule has 0 unspecified atom stereocenters. The molecule has 5 nitrogen and oxygen atoms in total. The SMILES string of the molecule is Cc1cc([C@H]2[C@H](c3ccccn3)NC(=S)N2c2ccc(O)cc2)c(C)n1-c1ccc(Br)cc1. The fraction of sp³-hybridized carbons (Fsp3) is 0.154. The number of phenolic OH excluding ortho intramolecular Hbond substituents is 1. The van der Waals surface area contributed by atoms with Crippen LogP contribution in [0, 0.1) is 13.8 Å². The topological polar surface area (TPSA) is 53.3 Å². The number of nitrogens with zero attached hydrogens (tertiary/aromatic N) is 3. The number of aromatic nitrogens is 2. The Morgan fingerprint density at radius 2 is 1.67 bits per heavy atom. The molecule has 1 aliphatic rings. The van der Waals surface area contributed by atoms with E-state index in [1.807, 2.05) is 36.5 Å². The third-order valence-electron chi connectivity index (χ3n) is 6.10. The van der Waals surface area contributed by atoms with Gasteiger partial charge in [-0.1, -0.05) is 22.0 Å². The Kier molecular flexibility index (Phi) is 5.68. The average molecular weight is 519 g/mol. The van der Waals surface area contributed by atoms with Gasteiger partial charge in [-0.15, -0.1) is 0 Å². The predicted octanol–water partition coefficient (Wildman–Crippen LogP) is 6.13. The highest BCUT2D eigenvalue weighted by Crippen LogP contribution is 2.44. The first kappa shape index (κ1) is 21.7. The van der Waals surface area contributed by atoms with Gasteiger partial charge in [-0.25, -0.2) is 0 Å². The Hall–Kier alpha value is -3.16. The number of thiocarbonyl (C=S) groups is 1. The molecule has 0 radical (unpaired) electrons. The molecule has 0 spiro atoms. The maximum Gasteiger partial charge on any atom is 0.174 e. The molecule has 0 amide bonds. The summed E-state index contributed by atoms with van der Waals surface area (Å²) in [5, 5.41) is 14.0. The fourth-order valence-electron chi connectivity index (χ4n) is 4.64. The molecule has 1 fully saturated rings. The molecule has 4 aromatic rings. The van der Waals surface area contributed by atoms with Crippen LogP contribution >= 0.6 is 28.1 Å². The van der Waals surface area contributed by atoms with Crippen molar-refractivity contribution in [3.05, 3.63) is 106 Å². The fourth-order valence-corrected chi connectivity index (χ4v) is 5.25. The van der Waals surface area contributed by atoms with Crippen molar-refractivity contribution in [1.82, 2.24) is 14.9 Å². The summed E-state index contributed by atoms with van der Waals surface area (Å²) < 4.78 is 3.32. The second-order valence-corrected chi connectivity index (χ2v) is 9.45. The summed E-state index contributed by atoms with van der Waals surface area (Å²) in [5.74, 6) is 0.225. The van der Waals surface area contributed by atoms with Crippen molar-refractivity contribution in [1.29, 1.82) is 0 Å². The lowest BCUT2D eigenvalue weighted by molar-refractivity contribution is 0.475. The molecule has 2 N–H and O–H groups in total. The van der Waals surface area contributed by atoms with Gasteiger partial charge in [-0.3, -0.25) is 4.98 Å². The van der Waals surface area contributed by atoms with E-state index < -0.39 is 0 Å². The number of pyridine rings is 1. The van der Waals surface area contributed by atoms with Crippen LogP contribution in [-0.4, -0.2) is 19.8 Å². The number of halogens is 1. The van der Waals surface area contributed by atoms with Gasteiger partial charge in [0, 0.05) is 33.4 Å². The van der Waals surface area contributed by atoms with Gasteiger partial charge >= 0.3 is 0 Å². The minimum atomic E-state index is -0.119. The van der Waals surface area contributed by atoms with Crippen molar-refractivity contribution >= 4 is 38.9 Å². The standard InChI is InChI=1S/C26H23BrN4OS/c1-16-15-22(17(2)30(16)19-8-6-18(27)7-9-19)25-24(23-5-3-4-14-28-23)29-26(33)31(25)20-10-12-21(32)13-11-20/h3-15,24-25,32H,1-2H3,(H,29,33)/t24-,25-/m0/s1. The number of benzene rings is 2. The monoisotopic (exact) mass is 518 g/mol. The molecular formula is C26H23BrN4OS. The zero-order valence-electron chi connectivity index (χ0n) is 18.2. The van der Waals surface area contributed by atoms with E-state index in [-0.39, 0.29) is 17.8 Å². The second kappa shape index (κ2) is 8.65. The van der Waals surface area contributed by atoms with Crippen LogP contribution in [0.2, 0.25) is 0 Å². The molecule has 0 saturated carbocycles. The van der Waals surface area contributed by atoms with Crippen LogP contribution in [0.25, 0.3) is 5.69 Å². The number of aryl methyl sites for hydroxylation is 1. The molecule has 7 heteroatoms. The molecule has 5 rings (SSSR count). The minimum absolute atomic E-state index is 0.104. The van der Waals surface area contributed by atoms with Crippen LogP contribution in [0.1, 0.15) is 34.7 Å². The van der Waals surface area contributed by atoms with Crippen LogP contribution < -0.4 is 10.2 Å². The van der Waals surface area contributed by atoms with Crippen LogP contribution in [0.4, 0.5) is 5.69 Å². The summed E-state index contributed by atoms with van der Waals surface area (Å²) in [7, 11) is 0. The van der Waals surface area contributed by atoms with Crippen LogP contribution in [0.15, 0.2) is 83.5 Å². The Morgan fingerprint density at radius 3 is 2.33 bits per heavy atom. The predicted molar refractivity (Wildman–Crippen MR) is 139 cm³/mol. The van der Waals surface area contributed by atoms with Gasteiger partial charge in [0.05, 0.1) is 17.8 Å². The molecule has 0 aliphatic carbocycles. The van der Waals surface area contributed by atoms with E-state index in [1.54, 1.807) is 12.1 Å². The summed E-state index contributed by atoms with van der Waals surface area (Å²) in [6.07, 6.45) is 1.81. The van der Waals surface area contributed by atoms with E-state index in [9.17, 15) is 5.11 Å². The Morgan fingerprint density at radius 1 is 0.970 bits per heavy atom. The molecule has 0 bridgehead atoms. The molecule has 2 aromatic heterocycles. The lowest BCUT2D eigenvalue weighted by Gasteiger charge is -2.28. The molecular weight excluding hydrogens is 496 g/mol. The van der Waals surface area contributed by atoms with Crippen LogP contribution in [0.3, 0.4) is 0 Å². The van der Waals surface area contributed by atoms with E-state index in [4.69, 9.17) is 12.2 Å². The van der Waals surface area contributed by atoms with Gasteiger partial charge in [-0.05, 0) is 98.4 Å². The quantitative estimate of drug-likeness (QED) is 0.318. The maximum absolute atomic E-state index is 9.82. The highest BCUT2D eigenvalue weighted by molar-refractivity contribution is 9.10. The first-order chi connectivity index (χ1) is 15.9. The van der Waals surface area contributed by atoms with Crippen molar-refractivity contribution in [2.24, 2.45) is 0 Å². The number of hydrogen-bond acceptors (Lipinski definition) is 3. The van der Waals surface area contributed by atoms with Gasteiger partial charge in [0.2, 0.25) is 0 Å². The van der Waals surface area contributed by atoms with E-state index in [1.165, 1.54) is 5.56 Å². The molecule has 3 heterocycles. The number of rotatable bonds is 4. The average Bonchev–Trinajstić information content (AvgIpc) is 3.31. The van der Waals surface area contributed by atoms with Crippen molar-refractivity contribution < 1.29 is 5.11 Å². The lowest BCUT2D eigenvalue weighted by Crippen LogP contribution is -2.29. The van der Waals surface area contributed by atoms with Gasteiger partial charge in [0.15, 0.2) is 5.11 Å². The second-order valence-electron chi connectivity index (χ2n) is 8.15. The largest absolute Gasteiger partial charge is 0.508 e. The number of anilines is 1. The summed E-state index contributed by atoms with van der Waals surface area (Å²) in [6.45, 7) is 4.27. The maximum atomic E-state index is 9.82. The van der Waals surface area contributed by atoms with Crippen molar-refractivity contribution in [2.45, 2.75) is 25.9 Å². The minimum Gasteiger partial charge on any atom is -0.508 e. The van der Waals surface area contributed by atoms with E-state index in [0.717, 1.165) is 32.9 Å². The highest BCUT2D eigenvalue weighted by atomic mass is 79.9. The third kappa shape index (κ3) is 3.92. The molecule has 2 aromatic carbocycles. The smallest absolute Gasteiger partial charge is 0.174 e.